The first-order valence-corrected chi connectivity index (χ1v) is 5.82. The molecule has 0 aromatic heterocycles. The van der Waals surface area contributed by atoms with Crippen molar-refractivity contribution in [1.82, 2.24) is 5.32 Å². The lowest BCUT2D eigenvalue weighted by atomic mass is 9.99. The third-order valence-electron chi connectivity index (χ3n) is 2.78. The summed E-state index contributed by atoms with van der Waals surface area (Å²) in [4.78, 5) is 0. The molecular weight excluding hydrogens is 240 g/mol. The molecule has 2 atom stereocenters. The number of nitrogens with one attached hydrogen (secondary N) is 1. The van der Waals surface area contributed by atoms with Gasteiger partial charge < -0.3 is 20.9 Å². The molecule has 0 saturated heterocycles. The fourth-order valence-corrected chi connectivity index (χ4v) is 1.95. The topological polar surface area (TPSA) is 67.5 Å². The number of aryl methyl sites for hydroxylation is 1. The highest BCUT2D eigenvalue weighted by atomic mass is 35.5. The van der Waals surface area contributed by atoms with Crippen molar-refractivity contribution >= 4 is 11.6 Å². The van der Waals surface area contributed by atoms with Crippen molar-refractivity contribution < 1.29 is 9.84 Å². The fraction of sp³-hybridized carbons (Fsp3) is 0.500. The second kappa shape index (κ2) is 6.21. The predicted molar refractivity (Wildman–Crippen MR) is 69.6 cm³/mol. The summed E-state index contributed by atoms with van der Waals surface area (Å²) in [6.07, 6.45) is -0.687. The lowest BCUT2D eigenvalue weighted by molar-refractivity contribution is 0.137. The molecule has 0 aliphatic carbocycles. The number of hydrogen-bond donors (Lipinski definition) is 3. The maximum atomic E-state index is 9.87. The second-order valence-electron chi connectivity index (χ2n) is 3.91. The molecule has 4 nitrogen and oxygen atoms in total. The highest BCUT2D eigenvalue weighted by Crippen LogP contribution is 2.32. The highest BCUT2D eigenvalue weighted by molar-refractivity contribution is 6.31. The second-order valence-corrected chi connectivity index (χ2v) is 4.32. The molecule has 0 heterocycles. The minimum absolute atomic E-state index is 0.167. The summed E-state index contributed by atoms with van der Waals surface area (Å²) in [5.74, 6) is 0.693. The SMILES string of the molecule is CNC(c1cc(Cl)c(C)cc1OC)C(O)CN. The molecule has 0 bridgehead atoms. The Morgan fingerprint density at radius 2 is 2.18 bits per heavy atom. The van der Waals surface area contributed by atoms with Crippen molar-refractivity contribution in [2.24, 2.45) is 5.73 Å². The third-order valence-corrected chi connectivity index (χ3v) is 3.19. The first-order valence-electron chi connectivity index (χ1n) is 5.44. The number of aliphatic hydroxyl groups excluding tert-OH is 1. The molecule has 0 saturated carbocycles. The van der Waals surface area contributed by atoms with Crippen LogP contribution < -0.4 is 15.8 Å². The summed E-state index contributed by atoms with van der Waals surface area (Å²) in [5, 5.41) is 13.5. The minimum atomic E-state index is -0.687. The van der Waals surface area contributed by atoms with Gasteiger partial charge in [0.15, 0.2) is 0 Å². The van der Waals surface area contributed by atoms with E-state index in [1.54, 1.807) is 20.2 Å². The van der Waals surface area contributed by atoms with Crippen LogP contribution in [0.4, 0.5) is 0 Å². The summed E-state index contributed by atoms with van der Waals surface area (Å²) < 4.78 is 5.31. The van der Waals surface area contributed by atoms with Crippen molar-refractivity contribution in [3.8, 4) is 5.75 Å². The van der Waals surface area contributed by atoms with Gasteiger partial charge in [0.1, 0.15) is 5.75 Å². The highest BCUT2D eigenvalue weighted by Gasteiger charge is 2.22. The van der Waals surface area contributed by atoms with Crippen LogP contribution in [0.15, 0.2) is 12.1 Å². The van der Waals surface area contributed by atoms with E-state index in [4.69, 9.17) is 22.1 Å². The number of nitrogens with two attached hydrogens (primary N) is 1. The van der Waals surface area contributed by atoms with E-state index in [1.165, 1.54) is 0 Å². The smallest absolute Gasteiger partial charge is 0.124 e. The molecule has 0 radical (unpaired) electrons. The number of benzene rings is 1. The van der Waals surface area contributed by atoms with Crippen LogP contribution in [0.25, 0.3) is 0 Å². The molecule has 0 amide bonds. The van der Waals surface area contributed by atoms with Gasteiger partial charge in [0.25, 0.3) is 0 Å². The fourth-order valence-electron chi connectivity index (χ4n) is 1.78. The lowest BCUT2D eigenvalue weighted by Crippen LogP contribution is -2.35. The molecule has 1 rings (SSSR count). The van der Waals surface area contributed by atoms with Crippen molar-refractivity contribution in [2.75, 3.05) is 20.7 Å². The van der Waals surface area contributed by atoms with Gasteiger partial charge in [-0.25, -0.2) is 0 Å². The zero-order chi connectivity index (χ0) is 13.0. The van der Waals surface area contributed by atoms with E-state index in [0.717, 1.165) is 11.1 Å². The van der Waals surface area contributed by atoms with E-state index < -0.39 is 6.10 Å². The molecule has 96 valence electrons. The van der Waals surface area contributed by atoms with E-state index in [2.05, 4.69) is 5.32 Å². The number of aliphatic hydroxyl groups is 1. The number of hydrogen-bond acceptors (Lipinski definition) is 4. The lowest BCUT2D eigenvalue weighted by Gasteiger charge is -2.24. The molecule has 1 aromatic rings. The molecule has 1 aromatic carbocycles. The Hall–Kier alpha value is -0.810. The minimum Gasteiger partial charge on any atom is -0.496 e. The molecule has 2 unspecified atom stereocenters. The van der Waals surface area contributed by atoms with Crippen LogP contribution in [-0.2, 0) is 0 Å². The van der Waals surface area contributed by atoms with Crippen LogP contribution in [-0.4, -0.2) is 31.9 Å². The van der Waals surface area contributed by atoms with Gasteiger partial charge in [0.05, 0.1) is 19.3 Å². The summed E-state index contributed by atoms with van der Waals surface area (Å²) in [6, 6.07) is 3.36. The molecule has 0 aliphatic heterocycles. The molecule has 0 fully saturated rings. The summed E-state index contributed by atoms with van der Waals surface area (Å²) >= 11 is 6.10. The van der Waals surface area contributed by atoms with Gasteiger partial charge in [-0.05, 0) is 31.7 Å². The Morgan fingerprint density at radius 1 is 1.53 bits per heavy atom. The maximum absolute atomic E-state index is 9.87. The Balaban J connectivity index is 3.22. The van der Waals surface area contributed by atoms with Gasteiger partial charge >= 0.3 is 0 Å². The van der Waals surface area contributed by atoms with E-state index in [0.29, 0.717) is 10.8 Å². The van der Waals surface area contributed by atoms with Gasteiger partial charge in [-0.3, -0.25) is 0 Å². The monoisotopic (exact) mass is 258 g/mol. The average Bonchev–Trinajstić information content (AvgIpc) is 2.33. The van der Waals surface area contributed by atoms with Gasteiger partial charge in [-0.2, -0.15) is 0 Å². The Bertz CT molecular complexity index is 385. The average molecular weight is 259 g/mol. The van der Waals surface area contributed by atoms with E-state index >= 15 is 0 Å². The molecule has 5 heteroatoms. The molecular formula is C12H19ClN2O2. The van der Waals surface area contributed by atoms with Crippen LogP contribution in [0.5, 0.6) is 5.75 Å². The van der Waals surface area contributed by atoms with Crippen molar-refractivity contribution in [1.29, 1.82) is 0 Å². The standard InChI is InChI=1S/C12H19ClN2O2/c1-7-4-11(17-3)8(5-9(7)13)12(15-2)10(16)6-14/h4-5,10,12,15-16H,6,14H2,1-3H3. The third kappa shape index (κ3) is 3.10. The van der Waals surface area contributed by atoms with Crippen molar-refractivity contribution in [3.05, 3.63) is 28.3 Å². The van der Waals surface area contributed by atoms with Crippen LogP contribution in [0.2, 0.25) is 5.02 Å². The Labute approximate surface area is 107 Å². The summed E-state index contributed by atoms with van der Waals surface area (Å²) in [6.45, 7) is 2.07. The summed E-state index contributed by atoms with van der Waals surface area (Å²) in [5.41, 5.74) is 7.22. The van der Waals surface area contributed by atoms with Gasteiger partial charge in [0, 0.05) is 17.1 Å². The number of ether oxygens (including phenoxy) is 1. The Morgan fingerprint density at radius 3 is 2.65 bits per heavy atom. The quantitative estimate of drug-likeness (QED) is 0.743. The van der Waals surface area contributed by atoms with Gasteiger partial charge in [-0.15, -0.1) is 0 Å². The molecule has 17 heavy (non-hydrogen) atoms. The first-order chi connectivity index (χ1) is 8.04. The zero-order valence-electron chi connectivity index (χ0n) is 10.3. The van der Waals surface area contributed by atoms with Crippen molar-refractivity contribution in [2.45, 2.75) is 19.1 Å². The Kier molecular flexibility index (Phi) is 5.21. The predicted octanol–water partition coefficient (Wildman–Crippen LogP) is 1.24. The molecule has 0 aliphatic rings. The van der Waals surface area contributed by atoms with Crippen LogP contribution in [0.1, 0.15) is 17.2 Å². The van der Waals surface area contributed by atoms with Crippen LogP contribution >= 0.6 is 11.6 Å². The normalized spacial score (nSPS) is 14.5. The largest absolute Gasteiger partial charge is 0.496 e. The first kappa shape index (κ1) is 14.3. The number of halogens is 1. The number of rotatable bonds is 5. The number of likely N-dealkylation sites (N-methyl/N-ethyl adjacent to an activating group) is 1. The van der Waals surface area contributed by atoms with Gasteiger partial charge in [-0.1, -0.05) is 11.6 Å². The van der Waals surface area contributed by atoms with E-state index in [1.807, 2.05) is 13.0 Å². The van der Waals surface area contributed by atoms with Crippen LogP contribution in [0.3, 0.4) is 0 Å². The van der Waals surface area contributed by atoms with Crippen LogP contribution in [0, 0.1) is 6.92 Å². The zero-order valence-corrected chi connectivity index (χ0v) is 11.1. The molecule has 4 N–H and O–H groups in total. The molecule has 0 spiro atoms. The summed E-state index contributed by atoms with van der Waals surface area (Å²) in [7, 11) is 3.35. The maximum Gasteiger partial charge on any atom is 0.124 e. The van der Waals surface area contributed by atoms with E-state index in [-0.39, 0.29) is 12.6 Å². The van der Waals surface area contributed by atoms with Crippen molar-refractivity contribution in [3.63, 3.8) is 0 Å². The number of methoxy groups -OCH3 is 1. The van der Waals surface area contributed by atoms with Gasteiger partial charge in [0.2, 0.25) is 0 Å². The van der Waals surface area contributed by atoms with E-state index in [9.17, 15) is 5.11 Å².